The highest BCUT2D eigenvalue weighted by Gasteiger charge is 2.10. The van der Waals surface area contributed by atoms with E-state index in [4.69, 9.17) is 11.6 Å². The second-order valence-corrected chi connectivity index (χ2v) is 7.22. The summed E-state index contributed by atoms with van der Waals surface area (Å²) in [4.78, 5) is 12.1. The van der Waals surface area contributed by atoms with Crippen LogP contribution in [0.1, 0.15) is 10.4 Å². The molecule has 1 N–H and O–H groups in total. The fourth-order valence-electron chi connectivity index (χ4n) is 1.81. The summed E-state index contributed by atoms with van der Waals surface area (Å²) in [6, 6.07) is 16.7. The van der Waals surface area contributed by atoms with Crippen molar-refractivity contribution in [3.63, 3.8) is 0 Å². The van der Waals surface area contributed by atoms with Gasteiger partial charge in [0, 0.05) is 16.3 Å². The number of aromatic nitrogens is 2. The lowest BCUT2D eigenvalue weighted by Gasteiger charge is -2.00. The van der Waals surface area contributed by atoms with E-state index in [1.807, 2.05) is 30.3 Å². The molecule has 4 nitrogen and oxygen atoms in total. The molecule has 0 aliphatic heterocycles. The standard InChI is InChI=1S/C16H12ClN3OS2/c17-12-8-6-11(7-9-12)14(21)10-22-16-20-19-15(23-16)18-13-4-2-1-3-5-13/h1-9H,10H2,(H,18,19). The van der Waals surface area contributed by atoms with Gasteiger partial charge in [0.25, 0.3) is 0 Å². The van der Waals surface area contributed by atoms with Gasteiger partial charge in [-0.1, -0.05) is 52.9 Å². The Hall–Kier alpha value is -1.89. The number of nitrogens with zero attached hydrogens (tertiary/aromatic N) is 2. The Balaban J connectivity index is 1.57. The lowest BCUT2D eigenvalue weighted by Crippen LogP contribution is -2.01. The summed E-state index contributed by atoms with van der Waals surface area (Å²) in [5, 5.41) is 12.7. The van der Waals surface area contributed by atoms with Crippen LogP contribution >= 0.6 is 34.7 Å². The van der Waals surface area contributed by atoms with Crippen LogP contribution in [0.4, 0.5) is 10.8 Å². The van der Waals surface area contributed by atoms with Crippen molar-refractivity contribution in [2.45, 2.75) is 4.34 Å². The van der Waals surface area contributed by atoms with E-state index in [1.54, 1.807) is 24.3 Å². The van der Waals surface area contributed by atoms with Crippen LogP contribution in [0, 0.1) is 0 Å². The molecule has 0 bridgehead atoms. The fourth-order valence-corrected chi connectivity index (χ4v) is 3.60. The van der Waals surface area contributed by atoms with Crippen LogP contribution in [0.5, 0.6) is 0 Å². The molecule has 0 spiro atoms. The van der Waals surface area contributed by atoms with Gasteiger partial charge in [-0.15, -0.1) is 10.2 Å². The van der Waals surface area contributed by atoms with Crippen molar-refractivity contribution in [1.82, 2.24) is 10.2 Å². The molecule has 0 unspecified atom stereocenters. The molecule has 0 radical (unpaired) electrons. The quantitative estimate of drug-likeness (QED) is 0.499. The Kier molecular flexibility index (Phi) is 5.27. The summed E-state index contributed by atoms with van der Waals surface area (Å²) in [6.07, 6.45) is 0. The van der Waals surface area contributed by atoms with Crippen molar-refractivity contribution in [2.75, 3.05) is 11.1 Å². The number of carbonyl (C=O) groups is 1. The van der Waals surface area contributed by atoms with Crippen molar-refractivity contribution < 1.29 is 4.79 Å². The van der Waals surface area contributed by atoms with Crippen molar-refractivity contribution in [3.05, 3.63) is 65.2 Å². The first-order valence-corrected chi connectivity index (χ1v) is 8.96. The van der Waals surface area contributed by atoms with E-state index in [9.17, 15) is 4.79 Å². The molecule has 0 aliphatic carbocycles. The number of ketones is 1. The van der Waals surface area contributed by atoms with Crippen LogP contribution in [-0.2, 0) is 0 Å². The number of hydrogen-bond acceptors (Lipinski definition) is 6. The van der Waals surface area contributed by atoms with Crippen molar-refractivity contribution >= 4 is 51.3 Å². The summed E-state index contributed by atoms with van der Waals surface area (Å²) in [6.45, 7) is 0. The second kappa shape index (κ2) is 7.59. The minimum absolute atomic E-state index is 0.0411. The molecular weight excluding hydrogens is 350 g/mol. The Bertz CT molecular complexity index is 791. The number of rotatable bonds is 6. The second-order valence-electron chi connectivity index (χ2n) is 4.58. The lowest BCUT2D eigenvalue weighted by atomic mass is 10.1. The maximum absolute atomic E-state index is 12.1. The smallest absolute Gasteiger partial charge is 0.210 e. The third kappa shape index (κ3) is 4.54. The normalized spacial score (nSPS) is 10.5. The van der Waals surface area contributed by atoms with E-state index in [1.165, 1.54) is 23.1 Å². The summed E-state index contributed by atoms with van der Waals surface area (Å²) in [7, 11) is 0. The average Bonchev–Trinajstić information content (AvgIpc) is 3.02. The number of anilines is 2. The molecule has 0 aliphatic rings. The topological polar surface area (TPSA) is 54.9 Å². The predicted molar refractivity (Wildman–Crippen MR) is 96.1 cm³/mol. The van der Waals surface area contributed by atoms with E-state index >= 15 is 0 Å². The van der Waals surface area contributed by atoms with Gasteiger partial charge >= 0.3 is 0 Å². The van der Waals surface area contributed by atoms with E-state index < -0.39 is 0 Å². The van der Waals surface area contributed by atoms with Gasteiger partial charge in [0.15, 0.2) is 10.1 Å². The molecule has 0 saturated heterocycles. The van der Waals surface area contributed by atoms with Gasteiger partial charge in [-0.2, -0.15) is 0 Å². The Morgan fingerprint density at radius 2 is 1.83 bits per heavy atom. The van der Waals surface area contributed by atoms with Gasteiger partial charge < -0.3 is 5.32 Å². The number of thioether (sulfide) groups is 1. The Labute approximate surface area is 146 Å². The summed E-state index contributed by atoms with van der Waals surface area (Å²) in [5.74, 6) is 0.362. The van der Waals surface area contributed by atoms with Gasteiger partial charge in [-0.05, 0) is 36.4 Å². The average molecular weight is 362 g/mol. The fraction of sp³-hybridized carbons (Fsp3) is 0.0625. The van der Waals surface area contributed by atoms with Gasteiger partial charge in [-0.3, -0.25) is 4.79 Å². The third-order valence-electron chi connectivity index (χ3n) is 2.92. The van der Waals surface area contributed by atoms with Crippen LogP contribution < -0.4 is 5.32 Å². The van der Waals surface area contributed by atoms with Crippen LogP contribution in [0.25, 0.3) is 0 Å². The van der Waals surface area contributed by atoms with Gasteiger partial charge in [0.05, 0.1) is 5.75 Å². The molecule has 23 heavy (non-hydrogen) atoms. The first kappa shape index (κ1) is 16.0. The monoisotopic (exact) mass is 361 g/mol. The maximum Gasteiger partial charge on any atom is 0.210 e. The molecule has 0 amide bonds. The number of para-hydroxylation sites is 1. The Morgan fingerprint density at radius 1 is 1.09 bits per heavy atom. The molecule has 1 aromatic heterocycles. The van der Waals surface area contributed by atoms with E-state index in [0.29, 0.717) is 21.5 Å². The highest BCUT2D eigenvalue weighted by molar-refractivity contribution is 8.01. The van der Waals surface area contributed by atoms with E-state index in [-0.39, 0.29) is 5.78 Å². The number of hydrogen-bond donors (Lipinski definition) is 1. The van der Waals surface area contributed by atoms with Gasteiger partial charge in [0.2, 0.25) is 5.13 Å². The minimum Gasteiger partial charge on any atom is -0.330 e. The predicted octanol–water partition coefficient (Wildman–Crippen LogP) is 4.91. The van der Waals surface area contributed by atoms with Crippen LogP contribution in [0.3, 0.4) is 0 Å². The molecule has 1 heterocycles. The first-order valence-electron chi connectivity index (χ1n) is 6.78. The summed E-state index contributed by atoms with van der Waals surface area (Å²) >= 11 is 8.62. The van der Waals surface area contributed by atoms with Crippen molar-refractivity contribution in [1.29, 1.82) is 0 Å². The van der Waals surface area contributed by atoms with Gasteiger partial charge in [-0.25, -0.2) is 0 Å². The Morgan fingerprint density at radius 3 is 2.57 bits per heavy atom. The number of Topliss-reactive ketones (excluding diaryl/α,β-unsaturated/α-hetero) is 1. The molecule has 0 fully saturated rings. The number of carbonyl (C=O) groups excluding carboxylic acids is 1. The van der Waals surface area contributed by atoms with Crippen LogP contribution in [-0.4, -0.2) is 21.7 Å². The molecule has 0 atom stereocenters. The van der Waals surface area contributed by atoms with Crippen LogP contribution in [0.15, 0.2) is 58.9 Å². The number of nitrogens with one attached hydrogen (secondary N) is 1. The zero-order valence-corrected chi connectivity index (χ0v) is 14.3. The molecule has 3 rings (SSSR count). The van der Waals surface area contributed by atoms with Gasteiger partial charge in [0.1, 0.15) is 0 Å². The lowest BCUT2D eigenvalue weighted by molar-refractivity contribution is 0.102. The molecule has 7 heteroatoms. The minimum atomic E-state index is 0.0411. The highest BCUT2D eigenvalue weighted by Crippen LogP contribution is 2.28. The first-order chi connectivity index (χ1) is 11.2. The summed E-state index contributed by atoms with van der Waals surface area (Å²) in [5.41, 5.74) is 1.60. The molecular formula is C16H12ClN3OS2. The summed E-state index contributed by atoms with van der Waals surface area (Å²) < 4.78 is 0.755. The largest absolute Gasteiger partial charge is 0.330 e. The highest BCUT2D eigenvalue weighted by atomic mass is 35.5. The number of halogens is 1. The molecule has 0 saturated carbocycles. The number of benzene rings is 2. The van der Waals surface area contributed by atoms with Crippen molar-refractivity contribution in [3.8, 4) is 0 Å². The third-order valence-corrected chi connectivity index (χ3v) is 5.15. The maximum atomic E-state index is 12.1. The SMILES string of the molecule is O=C(CSc1nnc(Nc2ccccc2)s1)c1ccc(Cl)cc1. The molecule has 116 valence electrons. The van der Waals surface area contributed by atoms with Crippen LogP contribution in [0.2, 0.25) is 5.02 Å². The molecule has 3 aromatic rings. The van der Waals surface area contributed by atoms with Crippen molar-refractivity contribution in [2.24, 2.45) is 0 Å². The van der Waals surface area contributed by atoms with E-state index in [2.05, 4.69) is 15.5 Å². The zero-order valence-electron chi connectivity index (χ0n) is 11.9. The van der Waals surface area contributed by atoms with E-state index in [0.717, 1.165) is 10.0 Å². The zero-order chi connectivity index (χ0) is 16.1. The molecule has 2 aromatic carbocycles.